The SMILES string of the molecule is O=C(CCn1cnc2ccccc21)N[C@H](C(=O)O)c1ccccc1. The van der Waals surface area contributed by atoms with Crippen LogP contribution < -0.4 is 5.32 Å². The Hall–Kier alpha value is -3.15. The minimum absolute atomic E-state index is 0.178. The Morgan fingerprint density at radius 3 is 2.54 bits per heavy atom. The lowest BCUT2D eigenvalue weighted by molar-refractivity contribution is -0.142. The first-order valence-electron chi connectivity index (χ1n) is 7.62. The molecule has 1 heterocycles. The molecule has 0 saturated carbocycles. The van der Waals surface area contributed by atoms with Gasteiger partial charge in [-0.25, -0.2) is 9.78 Å². The summed E-state index contributed by atoms with van der Waals surface area (Å²) in [5.41, 5.74) is 2.36. The summed E-state index contributed by atoms with van der Waals surface area (Å²) in [5.74, 6) is -1.40. The van der Waals surface area contributed by atoms with Gasteiger partial charge in [0.1, 0.15) is 0 Å². The number of fused-ring (bicyclic) bond motifs is 1. The third-order valence-corrected chi connectivity index (χ3v) is 3.79. The van der Waals surface area contributed by atoms with Crippen molar-refractivity contribution in [1.82, 2.24) is 14.9 Å². The molecule has 0 aliphatic rings. The zero-order chi connectivity index (χ0) is 16.9. The molecule has 3 aromatic rings. The van der Waals surface area contributed by atoms with Gasteiger partial charge in [-0.15, -0.1) is 0 Å². The molecule has 6 heteroatoms. The van der Waals surface area contributed by atoms with Crippen LogP contribution in [0, 0.1) is 0 Å². The lowest BCUT2D eigenvalue weighted by atomic mass is 10.1. The topological polar surface area (TPSA) is 84.2 Å². The Bertz CT molecular complexity index is 858. The third kappa shape index (κ3) is 3.43. The molecule has 0 aliphatic heterocycles. The van der Waals surface area contributed by atoms with Gasteiger partial charge in [0, 0.05) is 13.0 Å². The number of aryl methyl sites for hydroxylation is 1. The van der Waals surface area contributed by atoms with Gasteiger partial charge in [-0.05, 0) is 17.7 Å². The lowest BCUT2D eigenvalue weighted by Gasteiger charge is -2.15. The van der Waals surface area contributed by atoms with Crippen LogP contribution in [0.1, 0.15) is 18.0 Å². The van der Waals surface area contributed by atoms with E-state index in [4.69, 9.17) is 0 Å². The van der Waals surface area contributed by atoms with E-state index < -0.39 is 12.0 Å². The van der Waals surface area contributed by atoms with Crippen molar-refractivity contribution in [3.8, 4) is 0 Å². The van der Waals surface area contributed by atoms with Gasteiger partial charge in [0.2, 0.25) is 5.91 Å². The fraction of sp³-hybridized carbons (Fsp3) is 0.167. The number of imidazole rings is 1. The number of aliphatic carboxylic acids is 1. The number of nitrogens with zero attached hydrogens (tertiary/aromatic N) is 2. The van der Waals surface area contributed by atoms with Crippen molar-refractivity contribution in [2.24, 2.45) is 0 Å². The number of amides is 1. The normalized spacial score (nSPS) is 12.0. The van der Waals surface area contributed by atoms with Gasteiger partial charge in [0.25, 0.3) is 0 Å². The molecule has 0 aliphatic carbocycles. The summed E-state index contributed by atoms with van der Waals surface area (Å²) in [5, 5.41) is 11.9. The van der Waals surface area contributed by atoms with Crippen LogP contribution in [0.3, 0.4) is 0 Å². The molecule has 122 valence electrons. The van der Waals surface area contributed by atoms with Crippen molar-refractivity contribution in [3.05, 3.63) is 66.5 Å². The summed E-state index contributed by atoms with van der Waals surface area (Å²) in [6.45, 7) is 0.438. The second-order valence-corrected chi connectivity index (χ2v) is 5.43. The molecule has 0 radical (unpaired) electrons. The average Bonchev–Trinajstić information content (AvgIpc) is 3.01. The highest BCUT2D eigenvalue weighted by atomic mass is 16.4. The number of rotatable bonds is 6. The number of hydrogen-bond donors (Lipinski definition) is 2. The Kier molecular flexibility index (Phi) is 4.56. The smallest absolute Gasteiger partial charge is 0.330 e. The predicted octanol–water partition coefficient (Wildman–Crippen LogP) is 2.37. The van der Waals surface area contributed by atoms with Crippen LogP contribution in [0.15, 0.2) is 60.9 Å². The van der Waals surface area contributed by atoms with Crippen molar-refractivity contribution in [2.75, 3.05) is 0 Å². The van der Waals surface area contributed by atoms with E-state index in [1.807, 2.05) is 28.8 Å². The Morgan fingerprint density at radius 2 is 1.79 bits per heavy atom. The fourth-order valence-electron chi connectivity index (χ4n) is 2.58. The number of benzene rings is 2. The molecule has 3 rings (SSSR count). The minimum Gasteiger partial charge on any atom is -0.479 e. The predicted molar refractivity (Wildman–Crippen MR) is 89.3 cm³/mol. The molecule has 1 atom stereocenters. The number of para-hydroxylation sites is 2. The van der Waals surface area contributed by atoms with Gasteiger partial charge in [-0.2, -0.15) is 0 Å². The second-order valence-electron chi connectivity index (χ2n) is 5.43. The zero-order valence-corrected chi connectivity index (χ0v) is 12.9. The quantitative estimate of drug-likeness (QED) is 0.729. The van der Waals surface area contributed by atoms with Gasteiger partial charge in [-0.1, -0.05) is 42.5 Å². The van der Waals surface area contributed by atoms with E-state index >= 15 is 0 Å². The molecule has 6 nitrogen and oxygen atoms in total. The van der Waals surface area contributed by atoms with Crippen LogP contribution >= 0.6 is 0 Å². The fourth-order valence-corrected chi connectivity index (χ4v) is 2.58. The van der Waals surface area contributed by atoms with Gasteiger partial charge in [0.15, 0.2) is 6.04 Å². The van der Waals surface area contributed by atoms with E-state index in [-0.39, 0.29) is 12.3 Å². The highest BCUT2D eigenvalue weighted by Gasteiger charge is 2.21. The highest BCUT2D eigenvalue weighted by Crippen LogP contribution is 2.14. The molecular weight excluding hydrogens is 306 g/mol. The van der Waals surface area contributed by atoms with Gasteiger partial charge in [0.05, 0.1) is 17.4 Å². The summed E-state index contributed by atoms with van der Waals surface area (Å²) in [7, 11) is 0. The molecule has 24 heavy (non-hydrogen) atoms. The molecule has 0 saturated heterocycles. The van der Waals surface area contributed by atoms with Crippen LogP contribution in [0.25, 0.3) is 11.0 Å². The van der Waals surface area contributed by atoms with E-state index in [0.717, 1.165) is 11.0 Å². The van der Waals surface area contributed by atoms with Crippen molar-refractivity contribution in [3.63, 3.8) is 0 Å². The van der Waals surface area contributed by atoms with E-state index in [0.29, 0.717) is 12.1 Å². The van der Waals surface area contributed by atoms with Crippen LogP contribution in [-0.4, -0.2) is 26.5 Å². The number of nitrogens with one attached hydrogen (secondary N) is 1. The number of carbonyl (C=O) groups is 2. The monoisotopic (exact) mass is 323 g/mol. The van der Waals surface area contributed by atoms with Crippen LogP contribution in [0.4, 0.5) is 0 Å². The summed E-state index contributed by atoms with van der Waals surface area (Å²) in [4.78, 5) is 27.8. The molecule has 0 fully saturated rings. The first-order chi connectivity index (χ1) is 11.6. The van der Waals surface area contributed by atoms with E-state index in [2.05, 4.69) is 10.3 Å². The van der Waals surface area contributed by atoms with Crippen LogP contribution in [0.5, 0.6) is 0 Å². The first-order valence-corrected chi connectivity index (χ1v) is 7.62. The number of hydrogen-bond acceptors (Lipinski definition) is 3. The van der Waals surface area contributed by atoms with Crippen molar-refractivity contribution < 1.29 is 14.7 Å². The Balaban J connectivity index is 1.65. The van der Waals surface area contributed by atoms with Crippen LogP contribution in [0.2, 0.25) is 0 Å². The number of carbonyl (C=O) groups excluding carboxylic acids is 1. The van der Waals surface area contributed by atoms with Crippen molar-refractivity contribution >= 4 is 22.9 Å². The Labute approximate surface area is 138 Å². The first kappa shape index (κ1) is 15.7. The summed E-state index contributed by atoms with van der Waals surface area (Å²) >= 11 is 0. The standard InChI is InChI=1S/C18H17N3O3/c22-16(20-17(18(23)24)13-6-2-1-3-7-13)10-11-21-12-19-14-8-4-5-9-15(14)21/h1-9,12,17H,10-11H2,(H,20,22)(H,23,24)/t17-/m0/s1. The molecule has 2 aromatic carbocycles. The maximum Gasteiger partial charge on any atom is 0.330 e. The molecule has 1 aromatic heterocycles. The van der Waals surface area contributed by atoms with Crippen molar-refractivity contribution in [1.29, 1.82) is 0 Å². The molecular formula is C18H17N3O3. The number of aromatic nitrogens is 2. The number of carboxylic acid groups (broad SMARTS) is 1. The Morgan fingerprint density at radius 1 is 1.08 bits per heavy atom. The summed E-state index contributed by atoms with van der Waals surface area (Å²) in [6, 6.07) is 15.3. The van der Waals surface area contributed by atoms with E-state index in [1.54, 1.807) is 36.7 Å². The molecule has 0 unspecified atom stereocenters. The molecule has 2 N–H and O–H groups in total. The summed E-state index contributed by atoms with van der Waals surface area (Å²) < 4.78 is 1.88. The summed E-state index contributed by atoms with van der Waals surface area (Å²) in [6.07, 6.45) is 1.86. The van der Waals surface area contributed by atoms with E-state index in [1.165, 1.54) is 0 Å². The average molecular weight is 323 g/mol. The molecule has 0 bridgehead atoms. The largest absolute Gasteiger partial charge is 0.479 e. The third-order valence-electron chi connectivity index (χ3n) is 3.79. The molecule has 0 spiro atoms. The highest BCUT2D eigenvalue weighted by molar-refractivity contribution is 5.84. The maximum atomic E-state index is 12.2. The maximum absolute atomic E-state index is 12.2. The van der Waals surface area contributed by atoms with Gasteiger partial charge >= 0.3 is 5.97 Å². The molecule has 1 amide bonds. The van der Waals surface area contributed by atoms with Gasteiger partial charge in [-0.3, -0.25) is 4.79 Å². The second kappa shape index (κ2) is 6.95. The van der Waals surface area contributed by atoms with Crippen molar-refractivity contribution in [2.45, 2.75) is 19.0 Å². The van der Waals surface area contributed by atoms with Crippen LogP contribution in [-0.2, 0) is 16.1 Å². The minimum atomic E-state index is -1.08. The number of carboxylic acids is 1. The zero-order valence-electron chi connectivity index (χ0n) is 12.9. The van der Waals surface area contributed by atoms with E-state index in [9.17, 15) is 14.7 Å². The lowest BCUT2D eigenvalue weighted by Crippen LogP contribution is -2.34. The van der Waals surface area contributed by atoms with Gasteiger partial charge < -0.3 is 15.0 Å².